The number of amides is 1. The van der Waals surface area contributed by atoms with Crippen molar-refractivity contribution in [2.75, 3.05) is 10.0 Å². The maximum atomic E-state index is 12.6. The van der Waals surface area contributed by atoms with Crippen LogP contribution in [-0.2, 0) is 10.0 Å². The summed E-state index contributed by atoms with van der Waals surface area (Å²) in [6, 6.07) is 16.5. The van der Waals surface area contributed by atoms with Crippen molar-refractivity contribution < 1.29 is 13.2 Å². The summed E-state index contributed by atoms with van der Waals surface area (Å²) in [5.41, 5.74) is 2.59. The van der Waals surface area contributed by atoms with E-state index in [0.717, 1.165) is 11.1 Å². The van der Waals surface area contributed by atoms with Crippen LogP contribution in [0.3, 0.4) is 0 Å². The molecule has 0 radical (unpaired) electrons. The lowest BCUT2D eigenvalue weighted by Gasteiger charge is -2.10. The Bertz CT molecular complexity index is 1090. The molecule has 0 saturated heterocycles. The summed E-state index contributed by atoms with van der Waals surface area (Å²) in [4.78, 5) is 16.5. The van der Waals surface area contributed by atoms with E-state index in [9.17, 15) is 13.2 Å². The standard InChI is InChI=1S/C20H19N3O3S/c1-14-5-3-7-17(11-14)23-27(25,26)18-8-4-6-16(13-18)20(24)22-19-12-15(2)9-10-21-19/h3-13,23H,1-2H3,(H,21,22,24). The summed E-state index contributed by atoms with van der Waals surface area (Å²) >= 11 is 0. The van der Waals surface area contributed by atoms with Gasteiger partial charge in [-0.3, -0.25) is 9.52 Å². The first-order chi connectivity index (χ1) is 12.8. The number of aromatic nitrogens is 1. The van der Waals surface area contributed by atoms with E-state index in [4.69, 9.17) is 0 Å². The van der Waals surface area contributed by atoms with E-state index in [1.807, 2.05) is 26.0 Å². The van der Waals surface area contributed by atoms with Crippen molar-refractivity contribution in [2.45, 2.75) is 18.7 Å². The summed E-state index contributed by atoms with van der Waals surface area (Å²) in [5, 5.41) is 2.67. The molecular formula is C20H19N3O3S. The molecule has 0 aliphatic rings. The summed E-state index contributed by atoms with van der Waals surface area (Å²) in [6.45, 7) is 3.77. The highest BCUT2D eigenvalue weighted by molar-refractivity contribution is 7.92. The zero-order chi connectivity index (χ0) is 19.4. The maximum Gasteiger partial charge on any atom is 0.261 e. The zero-order valence-corrected chi connectivity index (χ0v) is 15.7. The van der Waals surface area contributed by atoms with Gasteiger partial charge in [0.2, 0.25) is 0 Å². The second-order valence-electron chi connectivity index (χ2n) is 6.18. The topological polar surface area (TPSA) is 88.2 Å². The molecule has 0 bridgehead atoms. The lowest BCUT2D eigenvalue weighted by atomic mass is 10.2. The Kier molecular flexibility index (Phi) is 5.23. The van der Waals surface area contributed by atoms with Gasteiger partial charge in [-0.25, -0.2) is 13.4 Å². The first-order valence-electron chi connectivity index (χ1n) is 8.27. The lowest BCUT2D eigenvalue weighted by Crippen LogP contribution is -2.16. The molecule has 0 spiro atoms. The predicted molar refractivity (Wildman–Crippen MR) is 105 cm³/mol. The summed E-state index contributed by atoms with van der Waals surface area (Å²) in [5.74, 6) is -0.0214. The summed E-state index contributed by atoms with van der Waals surface area (Å²) in [6.07, 6.45) is 1.59. The molecule has 0 unspecified atom stereocenters. The van der Waals surface area contributed by atoms with Gasteiger partial charge in [-0.1, -0.05) is 18.2 Å². The molecule has 2 N–H and O–H groups in total. The molecule has 138 valence electrons. The minimum absolute atomic E-state index is 0.00820. The fourth-order valence-corrected chi connectivity index (χ4v) is 3.62. The second-order valence-corrected chi connectivity index (χ2v) is 7.86. The Balaban J connectivity index is 1.82. The first kappa shape index (κ1) is 18.6. The molecule has 1 heterocycles. The van der Waals surface area contributed by atoms with E-state index in [1.165, 1.54) is 18.2 Å². The maximum absolute atomic E-state index is 12.6. The molecule has 2 aromatic carbocycles. The van der Waals surface area contributed by atoms with Gasteiger partial charge < -0.3 is 5.32 Å². The number of rotatable bonds is 5. The highest BCUT2D eigenvalue weighted by Crippen LogP contribution is 2.18. The Labute approximate surface area is 158 Å². The number of nitrogens with zero attached hydrogens (tertiary/aromatic N) is 1. The van der Waals surface area contributed by atoms with Gasteiger partial charge in [-0.15, -0.1) is 0 Å². The molecule has 6 nitrogen and oxygen atoms in total. The Morgan fingerprint density at radius 1 is 0.926 bits per heavy atom. The van der Waals surface area contributed by atoms with Gasteiger partial charge in [-0.05, 0) is 67.4 Å². The van der Waals surface area contributed by atoms with Gasteiger partial charge in [0.1, 0.15) is 5.82 Å². The lowest BCUT2D eigenvalue weighted by molar-refractivity contribution is 0.102. The van der Waals surface area contributed by atoms with Gasteiger partial charge in [-0.2, -0.15) is 0 Å². The van der Waals surface area contributed by atoms with Crippen molar-refractivity contribution >= 4 is 27.4 Å². The van der Waals surface area contributed by atoms with E-state index in [2.05, 4.69) is 15.0 Å². The van der Waals surface area contributed by atoms with E-state index in [1.54, 1.807) is 36.5 Å². The molecular weight excluding hydrogens is 362 g/mol. The number of hydrogen-bond acceptors (Lipinski definition) is 4. The van der Waals surface area contributed by atoms with Crippen molar-refractivity contribution in [3.05, 3.63) is 83.6 Å². The van der Waals surface area contributed by atoms with Crippen LogP contribution < -0.4 is 10.0 Å². The predicted octanol–water partition coefficient (Wildman–Crippen LogP) is 3.75. The summed E-state index contributed by atoms with van der Waals surface area (Å²) < 4.78 is 27.8. The number of anilines is 2. The number of hydrogen-bond donors (Lipinski definition) is 2. The normalized spacial score (nSPS) is 11.0. The van der Waals surface area contributed by atoms with Crippen LogP contribution in [0.5, 0.6) is 0 Å². The summed E-state index contributed by atoms with van der Waals surface area (Å²) in [7, 11) is -3.81. The molecule has 27 heavy (non-hydrogen) atoms. The van der Waals surface area contributed by atoms with Crippen LogP contribution in [-0.4, -0.2) is 19.3 Å². The molecule has 0 atom stereocenters. The van der Waals surface area contributed by atoms with Gasteiger partial charge in [0, 0.05) is 17.4 Å². The van der Waals surface area contributed by atoms with Crippen molar-refractivity contribution in [3.63, 3.8) is 0 Å². The van der Waals surface area contributed by atoms with E-state index < -0.39 is 15.9 Å². The quantitative estimate of drug-likeness (QED) is 0.704. The number of nitrogens with one attached hydrogen (secondary N) is 2. The molecule has 3 aromatic rings. The van der Waals surface area contributed by atoms with Crippen LogP contribution in [0.4, 0.5) is 11.5 Å². The van der Waals surface area contributed by atoms with Crippen molar-refractivity contribution in [3.8, 4) is 0 Å². The Morgan fingerprint density at radius 2 is 1.67 bits per heavy atom. The molecule has 0 saturated carbocycles. The van der Waals surface area contributed by atoms with Crippen LogP contribution in [0.1, 0.15) is 21.5 Å². The fourth-order valence-electron chi connectivity index (χ4n) is 2.52. The van der Waals surface area contributed by atoms with Crippen LogP contribution in [0.2, 0.25) is 0 Å². The van der Waals surface area contributed by atoms with Gasteiger partial charge in [0.25, 0.3) is 15.9 Å². The SMILES string of the molecule is Cc1cccc(NS(=O)(=O)c2cccc(C(=O)Nc3cc(C)ccn3)c2)c1. The molecule has 1 aromatic heterocycles. The largest absolute Gasteiger partial charge is 0.307 e. The van der Waals surface area contributed by atoms with Crippen LogP contribution in [0.25, 0.3) is 0 Å². The minimum atomic E-state index is -3.81. The first-order valence-corrected chi connectivity index (χ1v) is 9.75. The number of carbonyl (C=O) groups is 1. The van der Waals surface area contributed by atoms with Crippen LogP contribution in [0, 0.1) is 13.8 Å². The zero-order valence-electron chi connectivity index (χ0n) is 14.9. The second kappa shape index (κ2) is 7.59. The molecule has 0 fully saturated rings. The number of pyridine rings is 1. The highest BCUT2D eigenvalue weighted by atomic mass is 32.2. The highest BCUT2D eigenvalue weighted by Gasteiger charge is 2.17. The molecule has 7 heteroatoms. The third-order valence-corrected chi connectivity index (χ3v) is 5.21. The van der Waals surface area contributed by atoms with Crippen molar-refractivity contribution in [2.24, 2.45) is 0 Å². The van der Waals surface area contributed by atoms with Gasteiger partial charge >= 0.3 is 0 Å². The Morgan fingerprint density at radius 3 is 2.41 bits per heavy atom. The van der Waals surface area contributed by atoms with Crippen LogP contribution in [0.15, 0.2) is 71.8 Å². The number of sulfonamides is 1. The average Bonchev–Trinajstić information content (AvgIpc) is 2.61. The number of aryl methyl sites for hydroxylation is 2. The fraction of sp³-hybridized carbons (Fsp3) is 0.100. The van der Waals surface area contributed by atoms with Crippen LogP contribution >= 0.6 is 0 Å². The number of carbonyl (C=O) groups excluding carboxylic acids is 1. The molecule has 1 amide bonds. The Hall–Kier alpha value is -3.19. The van der Waals surface area contributed by atoms with E-state index in [-0.39, 0.29) is 10.5 Å². The molecule has 3 rings (SSSR count). The molecule has 0 aliphatic carbocycles. The average molecular weight is 381 g/mol. The number of benzene rings is 2. The third kappa shape index (κ3) is 4.71. The minimum Gasteiger partial charge on any atom is -0.307 e. The van der Waals surface area contributed by atoms with E-state index >= 15 is 0 Å². The third-order valence-electron chi connectivity index (χ3n) is 3.83. The van der Waals surface area contributed by atoms with Crippen molar-refractivity contribution in [1.82, 2.24) is 4.98 Å². The van der Waals surface area contributed by atoms with Gasteiger partial charge in [0.05, 0.1) is 4.90 Å². The monoisotopic (exact) mass is 381 g/mol. The van der Waals surface area contributed by atoms with E-state index in [0.29, 0.717) is 11.5 Å². The van der Waals surface area contributed by atoms with Crippen molar-refractivity contribution in [1.29, 1.82) is 0 Å². The smallest absolute Gasteiger partial charge is 0.261 e. The van der Waals surface area contributed by atoms with Gasteiger partial charge in [0.15, 0.2) is 0 Å². The molecule has 0 aliphatic heterocycles.